The van der Waals surface area contributed by atoms with Gasteiger partial charge in [0.2, 0.25) is 0 Å². The third kappa shape index (κ3) is 2.72. The summed E-state index contributed by atoms with van der Waals surface area (Å²) in [4.78, 5) is 10.2. The van der Waals surface area contributed by atoms with Gasteiger partial charge >= 0.3 is 7.40 Å². The van der Waals surface area contributed by atoms with Crippen molar-refractivity contribution in [3.63, 3.8) is 0 Å². The molecule has 0 aromatic carbocycles. The molecule has 0 heterocycles. The Morgan fingerprint density at radius 1 is 1.89 bits per heavy atom. The molecule has 54 valence electrons. The van der Waals surface area contributed by atoms with Crippen LogP contribution in [0.3, 0.4) is 0 Å². The largest absolute Gasteiger partial charge is 1.00 e. The molecule has 0 amide bonds. The van der Waals surface area contributed by atoms with Gasteiger partial charge in [0.15, 0.2) is 0 Å². The van der Waals surface area contributed by atoms with E-state index in [1.54, 1.807) is 13.8 Å². The predicted molar refractivity (Wildman–Crippen MR) is 39.8 cm³/mol. The number of hydrogen-bond acceptors (Lipinski definition) is 3. The maximum atomic E-state index is 10.2. The van der Waals surface area contributed by atoms with Crippen LogP contribution in [-0.2, 0) is 4.79 Å². The van der Waals surface area contributed by atoms with E-state index in [2.05, 4.69) is 12.6 Å². The third-order valence-corrected chi connectivity index (χ3v) is 1.31. The fraction of sp³-hybridized carbons (Fsp3) is 0.800. The van der Waals surface area contributed by atoms with Crippen LogP contribution in [-0.4, -0.2) is 21.9 Å². The van der Waals surface area contributed by atoms with E-state index in [0.717, 1.165) is 0 Å². The van der Waals surface area contributed by atoms with Gasteiger partial charge in [0.25, 0.3) is 0 Å². The van der Waals surface area contributed by atoms with Crippen LogP contribution < -0.4 is 5.73 Å². The van der Waals surface area contributed by atoms with Gasteiger partial charge in [-0.2, -0.15) is 12.6 Å². The first-order valence-electron chi connectivity index (χ1n) is 2.56. The molecule has 0 bridgehead atoms. The number of hydrogen-bond donors (Lipinski definition) is 3. The predicted octanol–water partition coefficient (Wildman–Crippen LogP) is 0.219. The summed E-state index contributed by atoms with van der Waals surface area (Å²) >= 11 is 3.98. The molecule has 3 N–H and O–H groups in total. The lowest BCUT2D eigenvalue weighted by Crippen LogP contribution is -2.45. The van der Waals surface area contributed by atoms with Crippen molar-refractivity contribution in [2.45, 2.75) is 24.6 Å². The molecule has 0 aromatic heterocycles. The van der Waals surface area contributed by atoms with Crippen molar-refractivity contribution in [3.05, 3.63) is 0 Å². The van der Waals surface area contributed by atoms with Gasteiger partial charge in [-0.05, 0) is 13.8 Å². The fourth-order valence-corrected chi connectivity index (χ4v) is 0.413. The quantitative estimate of drug-likeness (QED) is 0.493. The lowest BCUT2D eigenvalue weighted by molar-refractivity contribution is -0.139. The number of aliphatic carboxylic acids is 1. The first-order valence-corrected chi connectivity index (χ1v) is 3.01. The van der Waals surface area contributed by atoms with Crippen LogP contribution in [0.15, 0.2) is 0 Å². The Morgan fingerprint density at radius 3 is 2.22 bits per heavy atom. The Kier molecular flexibility index (Phi) is 2.51. The SMILES string of the molecule is CC(C)(S)C(N)C(=O)O.[H+]. The summed E-state index contributed by atoms with van der Waals surface area (Å²) in [5.74, 6) is -1.02. The van der Waals surface area contributed by atoms with Crippen molar-refractivity contribution in [2.24, 2.45) is 5.73 Å². The van der Waals surface area contributed by atoms with Gasteiger partial charge in [-0.15, -0.1) is 0 Å². The average molecular weight is 150 g/mol. The van der Waals surface area contributed by atoms with Crippen molar-refractivity contribution < 1.29 is 11.3 Å². The Labute approximate surface area is 61.1 Å². The third-order valence-electron chi connectivity index (χ3n) is 1.03. The Morgan fingerprint density at radius 2 is 2.22 bits per heavy atom. The highest BCUT2D eigenvalue weighted by molar-refractivity contribution is 7.81. The number of carbonyl (C=O) groups is 1. The van der Waals surface area contributed by atoms with E-state index in [1.165, 1.54) is 0 Å². The molecule has 1 atom stereocenters. The van der Waals surface area contributed by atoms with Crippen LogP contribution in [0.5, 0.6) is 0 Å². The van der Waals surface area contributed by atoms with E-state index in [1.807, 2.05) is 0 Å². The van der Waals surface area contributed by atoms with Crippen molar-refractivity contribution >= 4 is 18.6 Å². The molecule has 0 spiro atoms. The van der Waals surface area contributed by atoms with Crippen LogP contribution >= 0.6 is 12.6 Å². The number of thiol groups is 1. The molecule has 0 aliphatic carbocycles. The van der Waals surface area contributed by atoms with Crippen LogP contribution in [0.2, 0.25) is 0 Å². The number of nitrogens with two attached hydrogens (primary N) is 1. The minimum absolute atomic E-state index is 0. The molecular formula is C5H12NO2S+. The molecule has 1 unspecified atom stereocenters. The van der Waals surface area contributed by atoms with Crippen molar-refractivity contribution in [3.8, 4) is 0 Å². The minimum atomic E-state index is -1.02. The van der Waals surface area contributed by atoms with Gasteiger partial charge in [0.1, 0.15) is 6.04 Å². The average Bonchev–Trinajstić information content (AvgIpc) is 1.62. The molecule has 0 aliphatic rings. The summed E-state index contributed by atoms with van der Waals surface area (Å²) < 4.78 is -0.647. The van der Waals surface area contributed by atoms with Gasteiger partial charge in [-0.3, -0.25) is 4.79 Å². The van der Waals surface area contributed by atoms with Crippen molar-refractivity contribution in [1.29, 1.82) is 0 Å². The van der Waals surface area contributed by atoms with Crippen LogP contribution in [0.25, 0.3) is 0 Å². The van der Waals surface area contributed by atoms with E-state index >= 15 is 0 Å². The van der Waals surface area contributed by atoms with Gasteiger partial charge in [-0.25, -0.2) is 0 Å². The minimum Gasteiger partial charge on any atom is -0.480 e. The van der Waals surface area contributed by atoms with Gasteiger partial charge in [0.05, 0.1) is 0 Å². The summed E-state index contributed by atoms with van der Waals surface area (Å²) in [6.45, 7) is 3.32. The monoisotopic (exact) mass is 150 g/mol. The first-order chi connectivity index (χ1) is 3.85. The molecule has 0 aliphatic heterocycles. The standard InChI is InChI=1S/C5H11NO2S/c1-5(2,9)3(6)4(7)8/h3,9H,6H2,1-2H3,(H,7,8)/p+1. The molecule has 0 radical (unpaired) electrons. The highest BCUT2D eigenvalue weighted by atomic mass is 32.1. The highest BCUT2D eigenvalue weighted by Crippen LogP contribution is 2.15. The van der Waals surface area contributed by atoms with Crippen molar-refractivity contribution in [2.75, 3.05) is 0 Å². The second-order valence-corrected chi connectivity index (χ2v) is 3.62. The fourth-order valence-electron chi connectivity index (χ4n) is 0.302. The topological polar surface area (TPSA) is 63.3 Å². The molecule has 0 fully saturated rings. The number of rotatable bonds is 2. The molecular weight excluding hydrogens is 138 g/mol. The molecule has 0 saturated heterocycles. The summed E-state index contributed by atoms with van der Waals surface area (Å²) in [6, 6.07) is -0.902. The summed E-state index contributed by atoms with van der Waals surface area (Å²) in [6.07, 6.45) is 0. The highest BCUT2D eigenvalue weighted by Gasteiger charge is 2.27. The maximum absolute atomic E-state index is 10.2. The molecule has 0 aromatic rings. The molecule has 4 heteroatoms. The normalized spacial score (nSPS) is 15.1. The Balaban J connectivity index is 0. The lowest BCUT2D eigenvalue weighted by Gasteiger charge is -2.21. The summed E-state index contributed by atoms with van der Waals surface area (Å²) in [7, 11) is 0. The molecule has 9 heavy (non-hydrogen) atoms. The van der Waals surface area contributed by atoms with E-state index in [4.69, 9.17) is 10.8 Å². The van der Waals surface area contributed by atoms with E-state index in [9.17, 15) is 4.79 Å². The number of carboxylic acids is 1. The Hall–Kier alpha value is -0.220. The molecule has 3 nitrogen and oxygen atoms in total. The van der Waals surface area contributed by atoms with Crippen LogP contribution in [0, 0.1) is 0 Å². The second-order valence-electron chi connectivity index (χ2n) is 2.47. The van der Waals surface area contributed by atoms with Gasteiger partial charge in [0, 0.05) is 4.75 Å². The summed E-state index contributed by atoms with van der Waals surface area (Å²) in [5, 5.41) is 8.34. The van der Waals surface area contributed by atoms with Gasteiger partial charge in [-0.1, -0.05) is 0 Å². The van der Waals surface area contributed by atoms with Crippen LogP contribution in [0.4, 0.5) is 0 Å². The van der Waals surface area contributed by atoms with Gasteiger partial charge < -0.3 is 10.8 Å². The smallest absolute Gasteiger partial charge is 0.480 e. The lowest BCUT2D eigenvalue weighted by atomic mass is 10.1. The zero-order valence-electron chi connectivity index (χ0n) is 6.46. The van der Waals surface area contributed by atoms with E-state index in [-0.39, 0.29) is 1.43 Å². The first kappa shape index (κ1) is 8.78. The Bertz CT molecular complexity index is 123. The molecule has 0 rings (SSSR count). The maximum Gasteiger partial charge on any atom is 1.00 e. The van der Waals surface area contributed by atoms with Crippen molar-refractivity contribution in [1.82, 2.24) is 0 Å². The van der Waals surface area contributed by atoms with Crippen LogP contribution in [0.1, 0.15) is 15.3 Å². The van der Waals surface area contributed by atoms with E-state index < -0.39 is 16.8 Å². The van der Waals surface area contributed by atoms with E-state index in [0.29, 0.717) is 0 Å². The number of carboxylic acid groups (broad SMARTS) is 1. The zero-order valence-corrected chi connectivity index (χ0v) is 6.35. The zero-order chi connectivity index (χ0) is 7.65. The summed E-state index contributed by atoms with van der Waals surface area (Å²) in [5.41, 5.74) is 5.22. The molecule has 0 saturated carbocycles. The second kappa shape index (κ2) is 2.58.